The van der Waals surface area contributed by atoms with E-state index in [1.54, 1.807) is 19.9 Å². The lowest BCUT2D eigenvalue weighted by molar-refractivity contribution is 0.0600. The molecule has 0 aliphatic rings. The number of aromatic carboxylic acids is 1. The predicted molar refractivity (Wildman–Crippen MR) is 118 cm³/mol. The SMILES string of the molecule is C/C=C(/C)c1cc(C(=O)O)c(-c2ccc(C(=O)NCC(C)C)cc2C(=O)OC)cc1O. The van der Waals surface area contributed by atoms with Crippen LogP contribution in [0.3, 0.4) is 0 Å². The van der Waals surface area contributed by atoms with Gasteiger partial charge < -0.3 is 20.3 Å². The molecule has 31 heavy (non-hydrogen) atoms. The Hall–Kier alpha value is -3.61. The lowest BCUT2D eigenvalue weighted by Crippen LogP contribution is -2.27. The van der Waals surface area contributed by atoms with Gasteiger partial charge in [0, 0.05) is 23.2 Å². The number of hydrogen-bond acceptors (Lipinski definition) is 5. The summed E-state index contributed by atoms with van der Waals surface area (Å²) in [6, 6.07) is 7.04. The van der Waals surface area contributed by atoms with Crippen LogP contribution in [0, 0.1) is 5.92 Å². The van der Waals surface area contributed by atoms with E-state index < -0.39 is 11.9 Å². The van der Waals surface area contributed by atoms with E-state index in [0.717, 1.165) is 0 Å². The van der Waals surface area contributed by atoms with E-state index in [4.69, 9.17) is 4.74 Å². The van der Waals surface area contributed by atoms with Gasteiger partial charge in [0.2, 0.25) is 0 Å². The van der Waals surface area contributed by atoms with Crippen LogP contribution in [0.5, 0.6) is 5.75 Å². The third kappa shape index (κ3) is 5.31. The van der Waals surface area contributed by atoms with E-state index in [2.05, 4.69) is 5.32 Å². The Kier molecular flexibility index (Phi) is 7.58. The number of phenolic OH excluding ortho intramolecular Hbond substituents is 1. The molecule has 0 saturated heterocycles. The molecule has 0 radical (unpaired) electrons. The van der Waals surface area contributed by atoms with Gasteiger partial charge in [0.1, 0.15) is 5.75 Å². The number of aromatic hydroxyl groups is 1. The van der Waals surface area contributed by atoms with E-state index in [1.165, 1.54) is 37.4 Å². The Morgan fingerprint density at radius 3 is 2.29 bits per heavy atom. The molecule has 2 rings (SSSR count). The Bertz CT molecular complexity index is 1050. The van der Waals surface area contributed by atoms with E-state index in [-0.39, 0.29) is 45.4 Å². The quantitative estimate of drug-likeness (QED) is 0.569. The molecule has 164 valence electrons. The summed E-state index contributed by atoms with van der Waals surface area (Å²) < 4.78 is 4.85. The largest absolute Gasteiger partial charge is 0.507 e. The van der Waals surface area contributed by atoms with Gasteiger partial charge in [-0.3, -0.25) is 4.79 Å². The summed E-state index contributed by atoms with van der Waals surface area (Å²) in [6.07, 6.45) is 1.75. The normalized spacial score (nSPS) is 11.4. The van der Waals surface area contributed by atoms with Crippen molar-refractivity contribution in [3.05, 3.63) is 58.7 Å². The molecule has 0 aromatic heterocycles. The van der Waals surface area contributed by atoms with Gasteiger partial charge in [-0.1, -0.05) is 26.0 Å². The van der Waals surface area contributed by atoms with Gasteiger partial charge in [0.05, 0.1) is 18.2 Å². The number of carbonyl (C=O) groups is 3. The number of methoxy groups -OCH3 is 1. The molecule has 7 nitrogen and oxygen atoms in total. The van der Waals surface area contributed by atoms with Crippen LogP contribution in [0.1, 0.15) is 64.3 Å². The minimum absolute atomic E-state index is 0.0251. The number of ether oxygens (including phenoxy) is 1. The molecule has 0 bridgehead atoms. The summed E-state index contributed by atoms with van der Waals surface area (Å²) in [6.45, 7) is 7.92. The van der Waals surface area contributed by atoms with Crippen LogP contribution in [-0.4, -0.2) is 41.7 Å². The van der Waals surface area contributed by atoms with Crippen molar-refractivity contribution in [2.75, 3.05) is 13.7 Å². The molecule has 2 aromatic rings. The Balaban J connectivity index is 2.69. The number of carboxylic acid groups (broad SMARTS) is 1. The lowest BCUT2D eigenvalue weighted by Gasteiger charge is -2.15. The second-order valence-corrected chi connectivity index (χ2v) is 7.55. The molecule has 2 aromatic carbocycles. The van der Waals surface area contributed by atoms with Gasteiger partial charge in [0.15, 0.2) is 0 Å². The molecule has 0 spiro atoms. The number of allylic oxidation sites excluding steroid dienone is 2. The molecule has 7 heteroatoms. The van der Waals surface area contributed by atoms with Crippen molar-refractivity contribution in [2.24, 2.45) is 5.92 Å². The smallest absolute Gasteiger partial charge is 0.338 e. The number of phenols is 1. The zero-order chi connectivity index (χ0) is 23.3. The summed E-state index contributed by atoms with van der Waals surface area (Å²) in [5.74, 6) is -2.16. The molecule has 0 unspecified atom stereocenters. The first kappa shape index (κ1) is 23.7. The van der Waals surface area contributed by atoms with E-state index in [9.17, 15) is 24.6 Å². The molecular weight excluding hydrogens is 398 g/mol. The summed E-state index contributed by atoms with van der Waals surface area (Å²) in [7, 11) is 1.20. The van der Waals surface area contributed by atoms with Crippen LogP contribution in [0.2, 0.25) is 0 Å². The van der Waals surface area contributed by atoms with Gasteiger partial charge in [-0.2, -0.15) is 0 Å². The molecule has 3 N–H and O–H groups in total. The van der Waals surface area contributed by atoms with Crippen LogP contribution >= 0.6 is 0 Å². The van der Waals surface area contributed by atoms with Gasteiger partial charge in [-0.05, 0) is 55.2 Å². The summed E-state index contributed by atoms with van der Waals surface area (Å²) in [4.78, 5) is 36.9. The Morgan fingerprint density at radius 1 is 1.06 bits per heavy atom. The summed E-state index contributed by atoms with van der Waals surface area (Å²) >= 11 is 0. The fraction of sp³-hybridized carbons (Fsp3) is 0.292. The van der Waals surface area contributed by atoms with Crippen molar-refractivity contribution < 1.29 is 29.3 Å². The van der Waals surface area contributed by atoms with Crippen molar-refractivity contribution in [1.82, 2.24) is 5.32 Å². The average molecular weight is 425 g/mol. The molecule has 0 saturated carbocycles. The Morgan fingerprint density at radius 2 is 1.74 bits per heavy atom. The maximum Gasteiger partial charge on any atom is 0.338 e. The van der Waals surface area contributed by atoms with E-state index in [0.29, 0.717) is 17.7 Å². The topological polar surface area (TPSA) is 113 Å². The van der Waals surface area contributed by atoms with Crippen molar-refractivity contribution in [3.63, 3.8) is 0 Å². The fourth-order valence-electron chi connectivity index (χ4n) is 3.06. The maximum absolute atomic E-state index is 12.5. The second-order valence-electron chi connectivity index (χ2n) is 7.55. The van der Waals surface area contributed by atoms with Gasteiger partial charge in [0.25, 0.3) is 5.91 Å². The van der Waals surface area contributed by atoms with Crippen molar-refractivity contribution in [2.45, 2.75) is 27.7 Å². The number of carboxylic acids is 1. The van der Waals surface area contributed by atoms with Gasteiger partial charge in [-0.15, -0.1) is 0 Å². The summed E-state index contributed by atoms with van der Waals surface area (Å²) in [5, 5.41) is 23.0. The van der Waals surface area contributed by atoms with Crippen LogP contribution in [0.25, 0.3) is 16.7 Å². The van der Waals surface area contributed by atoms with Crippen molar-refractivity contribution >= 4 is 23.4 Å². The third-order valence-electron chi connectivity index (χ3n) is 4.87. The number of esters is 1. The van der Waals surface area contributed by atoms with Crippen LogP contribution in [0.15, 0.2) is 36.4 Å². The lowest BCUT2D eigenvalue weighted by atomic mass is 9.90. The molecule has 0 fully saturated rings. The number of carbonyl (C=O) groups excluding carboxylic acids is 2. The van der Waals surface area contributed by atoms with Gasteiger partial charge >= 0.3 is 11.9 Å². The number of hydrogen-bond donors (Lipinski definition) is 3. The first-order chi connectivity index (χ1) is 14.6. The Labute approximate surface area is 181 Å². The van der Waals surface area contributed by atoms with Crippen LogP contribution in [0.4, 0.5) is 0 Å². The third-order valence-corrected chi connectivity index (χ3v) is 4.87. The van der Waals surface area contributed by atoms with E-state index >= 15 is 0 Å². The maximum atomic E-state index is 12.5. The van der Waals surface area contributed by atoms with E-state index in [1.807, 2.05) is 13.8 Å². The number of amides is 1. The highest BCUT2D eigenvalue weighted by atomic mass is 16.5. The number of nitrogens with one attached hydrogen (secondary N) is 1. The highest BCUT2D eigenvalue weighted by Crippen LogP contribution is 2.36. The van der Waals surface area contributed by atoms with Crippen molar-refractivity contribution in [1.29, 1.82) is 0 Å². The standard InChI is InChI=1S/C24H27NO6/c1-6-14(4)17-10-19(23(28)29)18(11-21(17)26)16-8-7-15(9-20(16)24(30)31-5)22(27)25-12-13(2)3/h6-11,13,26H,12H2,1-5H3,(H,25,27)(H,28,29)/b14-6-. The highest BCUT2D eigenvalue weighted by molar-refractivity contribution is 6.06. The van der Waals surface area contributed by atoms with Crippen LogP contribution in [-0.2, 0) is 4.74 Å². The molecule has 0 aliphatic heterocycles. The van der Waals surface area contributed by atoms with Gasteiger partial charge in [-0.25, -0.2) is 9.59 Å². The summed E-state index contributed by atoms with van der Waals surface area (Å²) in [5.41, 5.74) is 1.65. The first-order valence-corrected chi connectivity index (χ1v) is 9.85. The number of rotatable bonds is 7. The fourth-order valence-corrected chi connectivity index (χ4v) is 3.06. The minimum atomic E-state index is -1.21. The highest BCUT2D eigenvalue weighted by Gasteiger charge is 2.23. The molecule has 0 heterocycles. The first-order valence-electron chi connectivity index (χ1n) is 9.85. The molecule has 0 atom stereocenters. The zero-order valence-electron chi connectivity index (χ0n) is 18.3. The predicted octanol–water partition coefficient (Wildman–Crippen LogP) is 4.35. The minimum Gasteiger partial charge on any atom is -0.507 e. The number of benzene rings is 2. The molecule has 1 amide bonds. The zero-order valence-corrected chi connectivity index (χ0v) is 18.3. The molecule has 0 aliphatic carbocycles. The van der Waals surface area contributed by atoms with Crippen LogP contribution < -0.4 is 5.32 Å². The average Bonchev–Trinajstić information content (AvgIpc) is 2.75. The molecular formula is C24H27NO6. The second kappa shape index (κ2) is 9.93. The monoisotopic (exact) mass is 425 g/mol. The van der Waals surface area contributed by atoms with Crippen molar-refractivity contribution in [3.8, 4) is 16.9 Å².